The number of ether oxygens (including phenoxy) is 6. The quantitative estimate of drug-likeness (QED) is 0.321. The molecule has 0 atom stereocenters. The molecule has 2 heterocycles. The Balaban J connectivity index is 0.000000264. The third-order valence-electron chi connectivity index (χ3n) is 5.35. The van der Waals surface area contributed by atoms with Crippen LogP contribution in [-0.4, -0.2) is 52.9 Å². The average molecular weight is 616 g/mol. The number of nitrogens with one attached hydrogen (secondary N) is 1. The fraction of sp³-hybridized carbons (Fsp3) is 0.258. The Labute approximate surface area is 284 Å². The fourth-order valence-corrected chi connectivity index (χ4v) is 3.53. The number of fused-ring (bicyclic) bond motifs is 2. The number of rotatable bonds is 1. The Hall–Kier alpha value is -2.46. The van der Waals surface area contributed by atoms with E-state index < -0.39 is 0 Å². The minimum atomic E-state index is 0. The van der Waals surface area contributed by atoms with E-state index in [1.54, 1.807) is 6.20 Å². The number of benzene rings is 3. The van der Waals surface area contributed by atoms with Crippen molar-refractivity contribution in [2.75, 3.05) is 52.9 Å². The summed E-state index contributed by atoms with van der Waals surface area (Å²) in [5.74, 6) is 2.80. The zero-order valence-corrected chi connectivity index (χ0v) is 27.8. The van der Waals surface area contributed by atoms with Crippen molar-refractivity contribution in [2.24, 2.45) is 0 Å². The first kappa shape index (κ1) is 32.1. The summed E-state index contributed by atoms with van der Waals surface area (Å²) in [6, 6.07) is 30.9. The normalized spacial score (nSPS) is 14.8. The second kappa shape index (κ2) is 19.6. The third-order valence-corrected chi connectivity index (χ3v) is 5.35. The van der Waals surface area contributed by atoms with Gasteiger partial charge in [0.1, 0.15) is 31.9 Å². The van der Waals surface area contributed by atoms with Crippen LogP contribution in [0.15, 0.2) is 103 Å². The zero-order valence-electron chi connectivity index (χ0n) is 22.9. The number of hydrogen-bond acceptors (Lipinski definition) is 6. The number of pyridine rings is 1. The van der Waals surface area contributed by atoms with Crippen molar-refractivity contribution in [3.63, 3.8) is 0 Å². The largest absolute Gasteiger partial charge is 1.00 e. The van der Waals surface area contributed by atoms with E-state index in [0.29, 0.717) is 75.9 Å². The molecule has 4 aromatic rings. The molecular weight excluding hydrogens is 582 g/mol. The first-order chi connectivity index (χ1) is 19.4. The molecule has 1 aliphatic heterocycles. The zero-order chi connectivity index (χ0) is 26.8. The van der Waals surface area contributed by atoms with Gasteiger partial charge in [0, 0.05) is 11.9 Å². The summed E-state index contributed by atoms with van der Waals surface area (Å²) in [7, 11) is 0. The van der Waals surface area contributed by atoms with Gasteiger partial charge in [-0.25, -0.2) is 4.98 Å². The monoisotopic (exact) mass is 615 g/mol. The number of hydrogen-bond donors (Lipinski definition) is 1. The van der Waals surface area contributed by atoms with Gasteiger partial charge in [-0.1, -0.05) is 48.5 Å². The van der Waals surface area contributed by atoms with E-state index in [4.69, 9.17) is 28.4 Å². The molecule has 0 bridgehead atoms. The van der Waals surface area contributed by atoms with Gasteiger partial charge in [-0.05, 0) is 48.5 Å². The van der Waals surface area contributed by atoms with Crippen molar-refractivity contribution in [1.29, 1.82) is 0 Å². The molecule has 5 rings (SSSR count). The van der Waals surface area contributed by atoms with Crippen LogP contribution < -0.4 is 92.6 Å². The summed E-state index contributed by atoms with van der Waals surface area (Å²) in [5.41, 5.74) is 1.93. The summed E-state index contributed by atoms with van der Waals surface area (Å²) in [4.78, 5) is 7.36. The van der Waals surface area contributed by atoms with Gasteiger partial charge >= 0.3 is 58.2 Å². The summed E-state index contributed by atoms with van der Waals surface area (Å²) < 4.78 is 34.1. The van der Waals surface area contributed by atoms with Crippen molar-refractivity contribution < 1.29 is 91.6 Å². The topological polar surface area (TPSA) is 83.5 Å². The standard InChI is InChI=1S/C20H24O6.C11H9N2.Rb/c1-2-6-18-17(5-1)23-13-9-21-11-15-25-19-7-3-4-8-20(19)26-16-12-22-10-14-24-18;1-2-6-10(7-3-1)13-11-8-4-5-9-12-11;/h1-8H,9-16H2;1-9H;/q;-1;+1/p+1. The van der Waals surface area contributed by atoms with E-state index in [1.807, 2.05) is 97.1 Å². The third kappa shape index (κ3) is 12.0. The van der Waals surface area contributed by atoms with Gasteiger partial charge in [-0.2, -0.15) is 0 Å². The van der Waals surface area contributed by atoms with Crippen molar-refractivity contribution in [3.8, 4) is 23.0 Å². The maximum atomic E-state index is 5.74. The van der Waals surface area contributed by atoms with Gasteiger partial charge in [0.05, 0.1) is 26.4 Å². The predicted octanol–water partition coefficient (Wildman–Crippen LogP) is -0.0904. The molecular formula is C31H34N2O6Rb+. The summed E-state index contributed by atoms with van der Waals surface area (Å²) in [6.07, 6.45) is 1.77. The molecule has 8 nitrogen and oxygen atoms in total. The first-order valence-electron chi connectivity index (χ1n) is 13.0. The molecule has 9 heteroatoms. The number of nitrogens with zero attached hydrogens (tertiary/aromatic N) is 1. The van der Waals surface area contributed by atoms with Crippen LogP contribution in [0.2, 0.25) is 0 Å². The second-order valence-electron chi connectivity index (χ2n) is 8.22. The van der Waals surface area contributed by atoms with Crippen molar-refractivity contribution in [1.82, 2.24) is 4.98 Å². The van der Waals surface area contributed by atoms with Gasteiger partial charge in [0.25, 0.3) is 0 Å². The first-order valence-corrected chi connectivity index (χ1v) is 13.0. The van der Waals surface area contributed by atoms with Crippen LogP contribution in [0.25, 0.3) is 0 Å². The number of para-hydroxylation sites is 5. The van der Waals surface area contributed by atoms with Crippen LogP contribution in [0.1, 0.15) is 0 Å². The van der Waals surface area contributed by atoms with Gasteiger partial charge in [0.15, 0.2) is 23.0 Å². The molecule has 0 saturated heterocycles. The molecule has 40 heavy (non-hydrogen) atoms. The van der Waals surface area contributed by atoms with Crippen LogP contribution in [0.3, 0.4) is 0 Å². The summed E-state index contributed by atoms with van der Waals surface area (Å²) in [6.45, 7) is 3.65. The van der Waals surface area contributed by atoms with Crippen LogP contribution in [0, 0.1) is 0 Å². The molecule has 3 aromatic carbocycles. The van der Waals surface area contributed by atoms with E-state index in [2.05, 4.69) is 9.98 Å². The van der Waals surface area contributed by atoms with Gasteiger partial charge in [-0.3, -0.25) is 0 Å². The van der Waals surface area contributed by atoms with E-state index in [9.17, 15) is 0 Å². The van der Waals surface area contributed by atoms with E-state index in [-0.39, 0.29) is 58.2 Å². The molecule has 0 fully saturated rings. The molecule has 0 unspecified atom stereocenters. The maximum absolute atomic E-state index is 5.74. The van der Waals surface area contributed by atoms with Gasteiger partial charge in [-0.15, -0.1) is 0 Å². The van der Waals surface area contributed by atoms with Gasteiger partial charge in [0.2, 0.25) is 0 Å². The van der Waals surface area contributed by atoms with Crippen LogP contribution in [-0.2, 0) is 9.47 Å². The SMILES string of the molecule is [Rb+].c1ccc([NH+]=c2cccc[n-]2)cc1.c1ccc2c(c1)OCCOCCOc1ccccc1OCCOCCO2. The van der Waals surface area contributed by atoms with Crippen molar-refractivity contribution in [2.45, 2.75) is 0 Å². The van der Waals surface area contributed by atoms with E-state index in [0.717, 1.165) is 11.2 Å². The minimum absolute atomic E-state index is 0. The predicted molar refractivity (Wildman–Crippen MR) is 146 cm³/mol. The Bertz CT molecular complexity index is 1170. The van der Waals surface area contributed by atoms with Crippen molar-refractivity contribution in [3.05, 3.63) is 109 Å². The smallest absolute Gasteiger partial charge is 0.487 e. The second-order valence-corrected chi connectivity index (χ2v) is 8.22. The van der Waals surface area contributed by atoms with E-state index in [1.165, 1.54) is 0 Å². The molecule has 0 spiro atoms. The summed E-state index contributed by atoms with van der Waals surface area (Å²) in [5, 5.41) is 0. The molecule has 1 aromatic heterocycles. The Morgan fingerprint density at radius 2 is 0.850 bits per heavy atom. The molecule has 1 N–H and O–H groups in total. The van der Waals surface area contributed by atoms with Gasteiger partial charge < -0.3 is 33.4 Å². The number of aromatic nitrogens is 1. The average Bonchev–Trinajstić information content (AvgIpc) is 2.98. The molecule has 0 radical (unpaired) electrons. The Kier molecular flexibility index (Phi) is 15.7. The minimum Gasteiger partial charge on any atom is -0.487 e. The molecule has 1 aliphatic rings. The summed E-state index contributed by atoms with van der Waals surface area (Å²) >= 11 is 0. The van der Waals surface area contributed by atoms with Crippen LogP contribution >= 0.6 is 0 Å². The van der Waals surface area contributed by atoms with E-state index >= 15 is 0 Å². The van der Waals surface area contributed by atoms with Crippen molar-refractivity contribution >= 4 is 5.69 Å². The van der Waals surface area contributed by atoms with Crippen LogP contribution in [0.4, 0.5) is 5.69 Å². The molecule has 0 saturated carbocycles. The maximum Gasteiger partial charge on any atom is 1.00 e. The molecule has 0 amide bonds. The van der Waals surface area contributed by atoms with Crippen LogP contribution in [0.5, 0.6) is 23.0 Å². The molecule has 0 aliphatic carbocycles. The fourth-order valence-electron chi connectivity index (χ4n) is 3.53. The molecule has 204 valence electrons. The Morgan fingerprint density at radius 3 is 1.25 bits per heavy atom. The Morgan fingerprint density at radius 1 is 0.450 bits per heavy atom.